The largest absolute Gasteiger partial charge is 0.440 e. The van der Waals surface area contributed by atoms with Gasteiger partial charge in [-0.1, -0.05) is 11.8 Å². The highest BCUT2D eigenvalue weighted by atomic mass is 32.2. The van der Waals surface area contributed by atoms with Gasteiger partial charge >= 0.3 is 0 Å². The van der Waals surface area contributed by atoms with E-state index < -0.39 is 0 Å². The number of nitrogens with zero attached hydrogens (tertiary/aromatic N) is 1. The Morgan fingerprint density at radius 3 is 3.15 bits per heavy atom. The van der Waals surface area contributed by atoms with Gasteiger partial charge < -0.3 is 14.9 Å². The fourth-order valence-corrected chi connectivity index (χ4v) is 1.69. The standard InChI is InChI=1S/C8H14N2O2S/c1-2-11-7(5-9)6-13-8-10-3-4-12-8/h3-4,7H,2,5-6,9H2,1H3. The summed E-state index contributed by atoms with van der Waals surface area (Å²) in [4.78, 5) is 3.98. The monoisotopic (exact) mass is 202 g/mol. The molecule has 1 heterocycles. The molecule has 1 unspecified atom stereocenters. The molecule has 0 radical (unpaired) electrons. The minimum Gasteiger partial charge on any atom is -0.440 e. The summed E-state index contributed by atoms with van der Waals surface area (Å²) >= 11 is 1.52. The smallest absolute Gasteiger partial charge is 0.255 e. The van der Waals surface area contributed by atoms with E-state index in [1.807, 2.05) is 6.92 Å². The molecule has 1 aromatic rings. The van der Waals surface area contributed by atoms with Crippen LogP contribution in [0.1, 0.15) is 6.92 Å². The zero-order valence-electron chi connectivity index (χ0n) is 7.60. The zero-order valence-corrected chi connectivity index (χ0v) is 8.42. The van der Waals surface area contributed by atoms with E-state index in [0.717, 1.165) is 5.75 Å². The number of aromatic nitrogens is 1. The second-order valence-corrected chi connectivity index (χ2v) is 3.39. The summed E-state index contributed by atoms with van der Waals surface area (Å²) in [5, 5.41) is 0.665. The Kier molecular flexibility index (Phi) is 4.88. The Hall–Kier alpha value is -0.520. The molecule has 0 bridgehead atoms. The lowest BCUT2D eigenvalue weighted by molar-refractivity contribution is 0.0857. The van der Waals surface area contributed by atoms with Crippen LogP contribution in [-0.2, 0) is 4.74 Å². The molecule has 1 aromatic heterocycles. The molecule has 4 nitrogen and oxygen atoms in total. The van der Waals surface area contributed by atoms with Crippen LogP contribution < -0.4 is 5.73 Å². The van der Waals surface area contributed by atoms with Crippen LogP contribution in [0, 0.1) is 0 Å². The lowest BCUT2D eigenvalue weighted by Crippen LogP contribution is -2.26. The Bertz CT molecular complexity index is 216. The quantitative estimate of drug-likeness (QED) is 0.701. The van der Waals surface area contributed by atoms with Gasteiger partial charge in [0.05, 0.1) is 12.3 Å². The molecule has 0 aromatic carbocycles. The van der Waals surface area contributed by atoms with Crippen molar-refractivity contribution >= 4 is 11.8 Å². The number of rotatable bonds is 6. The minimum absolute atomic E-state index is 0.0851. The van der Waals surface area contributed by atoms with Gasteiger partial charge in [-0.2, -0.15) is 0 Å². The number of thioether (sulfide) groups is 1. The van der Waals surface area contributed by atoms with Gasteiger partial charge in [0.25, 0.3) is 5.22 Å². The lowest BCUT2D eigenvalue weighted by atomic mass is 10.4. The lowest BCUT2D eigenvalue weighted by Gasteiger charge is -2.12. The number of nitrogens with two attached hydrogens (primary N) is 1. The van der Waals surface area contributed by atoms with E-state index in [1.165, 1.54) is 11.8 Å². The van der Waals surface area contributed by atoms with E-state index in [9.17, 15) is 0 Å². The Labute approximate surface area is 81.8 Å². The van der Waals surface area contributed by atoms with E-state index in [1.54, 1.807) is 12.5 Å². The van der Waals surface area contributed by atoms with Crippen molar-refractivity contribution in [2.45, 2.75) is 18.3 Å². The van der Waals surface area contributed by atoms with Crippen LogP contribution >= 0.6 is 11.8 Å². The first kappa shape index (κ1) is 10.6. The van der Waals surface area contributed by atoms with Gasteiger partial charge in [0.1, 0.15) is 6.26 Å². The molecule has 2 N–H and O–H groups in total. The van der Waals surface area contributed by atoms with Crippen molar-refractivity contribution in [3.05, 3.63) is 12.5 Å². The molecule has 74 valence electrons. The molecule has 0 aliphatic rings. The minimum atomic E-state index is 0.0851. The van der Waals surface area contributed by atoms with Crippen LogP contribution in [0.25, 0.3) is 0 Å². The van der Waals surface area contributed by atoms with Gasteiger partial charge in [-0.25, -0.2) is 4.98 Å². The predicted octanol–water partition coefficient (Wildman–Crippen LogP) is 1.13. The maximum absolute atomic E-state index is 5.51. The van der Waals surface area contributed by atoms with Crippen molar-refractivity contribution in [1.82, 2.24) is 4.98 Å². The van der Waals surface area contributed by atoms with Crippen LogP contribution in [0.2, 0.25) is 0 Å². The second kappa shape index (κ2) is 6.01. The average Bonchev–Trinajstić information content (AvgIpc) is 2.64. The molecule has 0 saturated carbocycles. The Morgan fingerprint density at radius 1 is 1.77 bits per heavy atom. The van der Waals surface area contributed by atoms with Crippen LogP contribution in [0.3, 0.4) is 0 Å². The van der Waals surface area contributed by atoms with Crippen molar-refractivity contribution in [2.75, 3.05) is 18.9 Å². The van der Waals surface area contributed by atoms with Gasteiger partial charge in [-0.15, -0.1) is 0 Å². The third-order valence-electron chi connectivity index (χ3n) is 1.47. The number of oxazole rings is 1. The normalized spacial score (nSPS) is 13.1. The van der Waals surface area contributed by atoms with Crippen LogP contribution in [0.5, 0.6) is 0 Å². The van der Waals surface area contributed by atoms with E-state index in [-0.39, 0.29) is 6.10 Å². The molecule has 0 fully saturated rings. The number of hydrogen-bond donors (Lipinski definition) is 1. The molecule has 0 aliphatic carbocycles. The molecule has 1 atom stereocenters. The van der Waals surface area contributed by atoms with Crippen LogP contribution in [-0.4, -0.2) is 30.0 Å². The fourth-order valence-electron chi connectivity index (χ4n) is 0.866. The molecule has 0 spiro atoms. The van der Waals surface area contributed by atoms with Gasteiger partial charge in [0.15, 0.2) is 0 Å². The summed E-state index contributed by atoms with van der Waals surface area (Å²) in [6.07, 6.45) is 3.27. The molecular weight excluding hydrogens is 188 g/mol. The summed E-state index contributed by atoms with van der Waals surface area (Å²) in [6, 6.07) is 0. The van der Waals surface area contributed by atoms with E-state index >= 15 is 0 Å². The summed E-state index contributed by atoms with van der Waals surface area (Å²) in [7, 11) is 0. The van der Waals surface area contributed by atoms with Gasteiger partial charge in [-0.05, 0) is 6.92 Å². The summed E-state index contributed by atoms with van der Waals surface area (Å²) < 4.78 is 10.4. The predicted molar refractivity (Wildman–Crippen MR) is 51.7 cm³/mol. The third kappa shape index (κ3) is 3.80. The summed E-state index contributed by atoms with van der Waals surface area (Å²) in [6.45, 7) is 3.17. The first-order valence-electron chi connectivity index (χ1n) is 4.20. The van der Waals surface area contributed by atoms with Crippen molar-refractivity contribution < 1.29 is 9.15 Å². The first-order valence-corrected chi connectivity index (χ1v) is 5.19. The van der Waals surface area contributed by atoms with Crippen LogP contribution in [0.4, 0.5) is 0 Å². The van der Waals surface area contributed by atoms with E-state index in [2.05, 4.69) is 4.98 Å². The highest BCUT2D eigenvalue weighted by molar-refractivity contribution is 7.99. The molecule has 13 heavy (non-hydrogen) atoms. The van der Waals surface area contributed by atoms with Crippen LogP contribution in [0.15, 0.2) is 22.1 Å². The second-order valence-electron chi connectivity index (χ2n) is 2.42. The van der Waals surface area contributed by atoms with E-state index in [4.69, 9.17) is 14.9 Å². The van der Waals surface area contributed by atoms with Gasteiger partial charge in [0.2, 0.25) is 0 Å². The van der Waals surface area contributed by atoms with Crippen molar-refractivity contribution in [2.24, 2.45) is 5.73 Å². The zero-order chi connectivity index (χ0) is 9.52. The van der Waals surface area contributed by atoms with Crippen molar-refractivity contribution in [1.29, 1.82) is 0 Å². The molecule has 5 heteroatoms. The summed E-state index contributed by atoms with van der Waals surface area (Å²) in [5.74, 6) is 0.783. The van der Waals surface area contributed by atoms with Gasteiger partial charge in [-0.3, -0.25) is 0 Å². The van der Waals surface area contributed by atoms with Crippen molar-refractivity contribution in [3.8, 4) is 0 Å². The molecular formula is C8H14N2O2S. The fraction of sp³-hybridized carbons (Fsp3) is 0.625. The highest BCUT2D eigenvalue weighted by Crippen LogP contribution is 2.16. The third-order valence-corrected chi connectivity index (χ3v) is 2.45. The SMILES string of the molecule is CCOC(CN)CSc1ncco1. The first-order chi connectivity index (χ1) is 6.36. The van der Waals surface area contributed by atoms with E-state index in [0.29, 0.717) is 18.4 Å². The average molecular weight is 202 g/mol. The molecule has 0 saturated heterocycles. The van der Waals surface area contributed by atoms with Crippen molar-refractivity contribution in [3.63, 3.8) is 0 Å². The maximum atomic E-state index is 5.51. The maximum Gasteiger partial charge on any atom is 0.255 e. The molecule has 0 aliphatic heterocycles. The highest BCUT2D eigenvalue weighted by Gasteiger charge is 2.08. The Morgan fingerprint density at radius 2 is 2.62 bits per heavy atom. The topological polar surface area (TPSA) is 61.3 Å². The summed E-state index contributed by atoms with van der Waals surface area (Å²) in [5.41, 5.74) is 5.51. The van der Waals surface area contributed by atoms with Gasteiger partial charge in [0, 0.05) is 18.9 Å². The molecule has 1 rings (SSSR count). The Balaban J connectivity index is 2.23. The number of ether oxygens (including phenoxy) is 1. The number of hydrogen-bond acceptors (Lipinski definition) is 5. The molecule has 0 amide bonds.